The van der Waals surface area contributed by atoms with Crippen LogP contribution in [0.3, 0.4) is 0 Å². The van der Waals surface area contributed by atoms with Crippen molar-refractivity contribution in [1.82, 2.24) is 19.6 Å². The second-order valence-electron chi connectivity index (χ2n) is 7.44. The number of halogens is 4. The summed E-state index contributed by atoms with van der Waals surface area (Å²) in [5.74, 6) is -0.613. The maximum Gasteiger partial charge on any atom is 0.434 e. The number of hydrogen-bond donors (Lipinski definition) is 0. The number of rotatable bonds is 4. The standard InChI is InChI=1S/C20H21ClF3N5O/c1-13(2)17(11-25)27-6-8-28(9-7-27)19(30)16-12-26-29(18(16)20(22,23)24)15-5-3-4-14(21)10-15/h3-5,10,12-13,17H,6-9H2,1-2H3. The average molecular weight is 440 g/mol. The first kappa shape index (κ1) is 22.1. The van der Waals surface area contributed by atoms with Crippen molar-refractivity contribution < 1.29 is 18.0 Å². The van der Waals surface area contributed by atoms with E-state index < -0.39 is 23.3 Å². The van der Waals surface area contributed by atoms with E-state index in [9.17, 15) is 23.2 Å². The van der Waals surface area contributed by atoms with E-state index in [1.807, 2.05) is 18.7 Å². The largest absolute Gasteiger partial charge is 0.434 e. The summed E-state index contributed by atoms with van der Waals surface area (Å²) >= 11 is 5.90. The first-order chi connectivity index (χ1) is 14.1. The van der Waals surface area contributed by atoms with E-state index in [4.69, 9.17) is 11.6 Å². The number of nitrogens with zero attached hydrogens (tertiary/aromatic N) is 5. The van der Waals surface area contributed by atoms with Gasteiger partial charge in [0.05, 0.1) is 23.5 Å². The van der Waals surface area contributed by atoms with E-state index in [1.165, 1.54) is 23.1 Å². The van der Waals surface area contributed by atoms with Gasteiger partial charge < -0.3 is 4.90 Å². The van der Waals surface area contributed by atoms with E-state index in [1.54, 1.807) is 6.07 Å². The Hall–Kier alpha value is -2.57. The third-order valence-electron chi connectivity index (χ3n) is 5.08. The predicted octanol–water partition coefficient (Wildman–Crippen LogP) is 3.85. The molecule has 1 aliphatic heterocycles. The molecule has 0 saturated carbocycles. The number of hydrogen-bond acceptors (Lipinski definition) is 4. The maximum absolute atomic E-state index is 13.8. The summed E-state index contributed by atoms with van der Waals surface area (Å²) < 4.78 is 42.2. The topological polar surface area (TPSA) is 65.2 Å². The molecule has 0 N–H and O–H groups in total. The minimum atomic E-state index is -4.78. The highest BCUT2D eigenvalue weighted by molar-refractivity contribution is 6.30. The van der Waals surface area contributed by atoms with Crippen molar-refractivity contribution in [2.24, 2.45) is 5.92 Å². The molecule has 0 spiro atoms. The average Bonchev–Trinajstić information content (AvgIpc) is 3.14. The fourth-order valence-corrected chi connectivity index (χ4v) is 3.79. The molecule has 6 nitrogen and oxygen atoms in total. The molecule has 1 aromatic heterocycles. The molecule has 1 unspecified atom stereocenters. The van der Waals surface area contributed by atoms with Crippen LogP contribution in [0.2, 0.25) is 5.02 Å². The SMILES string of the molecule is CC(C)C(C#N)N1CCN(C(=O)c2cnn(-c3cccc(Cl)c3)c2C(F)(F)F)CC1. The van der Waals surface area contributed by atoms with E-state index in [-0.39, 0.29) is 35.8 Å². The smallest absolute Gasteiger partial charge is 0.336 e. The molecule has 10 heteroatoms. The van der Waals surface area contributed by atoms with Crippen LogP contribution in [0.5, 0.6) is 0 Å². The van der Waals surface area contributed by atoms with E-state index in [0.29, 0.717) is 17.8 Å². The van der Waals surface area contributed by atoms with Crippen LogP contribution >= 0.6 is 11.6 Å². The van der Waals surface area contributed by atoms with Crippen molar-refractivity contribution in [2.75, 3.05) is 26.2 Å². The second-order valence-corrected chi connectivity index (χ2v) is 7.88. The molecule has 1 aliphatic rings. The van der Waals surface area contributed by atoms with Gasteiger partial charge in [0.15, 0.2) is 5.69 Å². The summed E-state index contributed by atoms with van der Waals surface area (Å²) in [6.45, 7) is 5.20. The minimum absolute atomic E-state index is 0.116. The molecule has 1 fully saturated rings. The van der Waals surface area contributed by atoms with Crippen molar-refractivity contribution in [2.45, 2.75) is 26.1 Å². The second kappa shape index (κ2) is 8.66. The highest BCUT2D eigenvalue weighted by Gasteiger charge is 2.42. The number of nitriles is 1. The highest BCUT2D eigenvalue weighted by Crippen LogP contribution is 2.34. The van der Waals surface area contributed by atoms with Gasteiger partial charge in [-0.1, -0.05) is 31.5 Å². The van der Waals surface area contributed by atoms with Gasteiger partial charge in [-0.15, -0.1) is 0 Å². The molecule has 1 atom stereocenters. The van der Waals surface area contributed by atoms with Crippen molar-refractivity contribution >= 4 is 17.5 Å². The fraction of sp³-hybridized carbons (Fsp3) is 0.450. The molecule has 3 rings (SSSR count). The van der Waals surface area contributed by atoms with E-state index in [0.717, 1.165) is 6.20 Å². The van der Waals surface area contributed by atoms with Gasteiger partial charge in [-0.05, 0) is 24.1 Å². The van der Waals surface area contributed by atoms with Gasteiger partial charge in [0.25, 0.3) is 5.91 Å². The van der Waals surface area contributed by atoms with Crippen LogP contribution in [0.4, 0.5) is 13.2 Å². The molecule has 2 heterocycles. The lowest BCUT2D eigenvalue weighted by atomic mass is 10.0. The number of alkyl halides is 3. The van der Waals surface area contributed by atoms with Gasteiger partial charge in [-0.2, -0.15) is 23.5 Å². The van der Waals surface area contributed by atoms with Crippen molar-refractivity contribution in [3.05, 3.63) is 46.7 Å². The Kier molecular flexibility index (Phi) is 6.38. The lowest BCUT2D eigenvalue weighted by molar-refractivity contribution is -0.143. The normalized spacial score (nSPS) is 16.5. The summed E-state index contributed by atoms with van der Waals surface area (Å²) in [7, 11) is 0. The van der Waals surface area contributed by atoms with Gasteiger partial charge in [0.2, 0.25) is 0 Å². The number of aromatic nitrogens is 2. The van der Waals surface area contributed by atoms with Crippen LogP contribution in [0.1, 0.15) is 29.9 Å². The Morgan fingerprint density at radius 3 is 2.43 bits per heavy atom. The molecule has 30 heavy (non-hydrogen) atoms. The lowest BCUT2D eigenvalue weighted by Crippen LogP contribution is -2.53. The maximum atomic E-state index is 13.8. The van der Waals surface area contributed by atoms with Crippen LogP contribution in [0, 0.1) is 17.2 Å². The molecule has 160 valence electrons. The molecular weight excluding hydrogens is 419 g/mol. The first-order valence-electron chi connectivity index (χ1n) is 9.47. The number of piperazine rings is 1. The summed E-state index contributed by atoms with van der Waals surface area (Å²) in [4.78, 5) is 16.2. The molecule has 1 amide bonds. The zero-order chi connectivity index (χ0) is 22.1. The Bertz CT molecular complexity index is 958. The minimum Gasteiger partial charge on any atom is -0.336 e. The molecule has 1 saturated heterocycles. The number of amides is 1. The van der Waals surface area contributed by atoms with Crippen molar-refractivity contribution in [1.29, 1.82) is 5.26 Å². The Labute approximate surface area is 177 Å². The van der Waals surface area contributed by atoms with Crippen molar-refractivity contribution in [3.63, 3.8) is 0 Å². The molecule has 0 radical (unpaired) electrons. The molecule has 2 aromatic rings. The third kappa shape index (κ3) is 4.45. The first-order valence-corrected chi connectivity index (χ1v) is 9.85. The summed E-state index contributed by atoms with van der Waals surface area (Å²) in [5, 5.41) is 13.4. The van der Waals surface area contributed by atoms with Crippen LogP contribution in [-0.2, 0) is 6.18 Å². The van der Waals surface area contributed by atoms with Gasteiger partial charge in [0, 0.05) is 31.2 Å². The molecule has 0 bridgehead atoms. The number of carbonyl (C=O) groups is 1. The third-order valence-corrected chi connectivity index (χ3v) is 5.31. The zero-order valence-electron chi connectivity index (χ0n) is 16.5. The lowest BCUT2D eigenvalue weighted by Gasteiger charge is -2.38. The fourth-order valence-electron chi connectivity index (χ4n) is 3.61. The van der Waals surface area contributed by atoms with Gasteiger partial charge in [0.1, 0.15) is 6.04 Å². The number of carbonyl (C=O) groups excluding carboxylic acids is 1. The summed E-state index contributed by atoms with van der Waals surface area (Å²) in [6.07, 6.45) is -3.83. The Morgan fingerprint density at radius 1 is 1.23 bits per heavy atom. The van der Waals surface area contributed by atoms with Gasteiger partial charge >= 0.3 is 6.18 Å². The zero-order valence-corrected chi connectivity index (χ0v) is 17.3. The van der Waals surface area contributed by atoms with Gasteiger partial charge in [-0.25, -0.2) is 4.68 Å². The number of benzene rings is 1. The Balaban J connectivity index is 1.86. The van der Waals surface area contributed by atoms with Crippen LogP contribution in [-0.4, -0.2) is 57.7 Å². The molecule has 1 aromatic carbocycles. The van der Waals surface area contributed by atoms with E-state index in [2.05, 4.69) is 11.2 Å². The van der Waals surface area contributed by atoms with E-state index >= 15 is 0 Å². The van der Waals surface area contributed by atoms with Gasteiger partial charge in [-0.3, -0.25) is 9.69 Å². The molecule has 0 aliphatic carbocycles. The van der Waals surface area contributed by atoms with Crippen LogP contribution in [0.25, 0.3) is 5.69 Å². The Morgan fingerprint density at radius 2 is 1.90 bits per heavy atom. The summed E-state index contributed by atoms with van der Waals surface area (Å²) in [5.41, 5.74) is -1.52. The monoisotopic (exact) mass is 439 g/mol. The molecular formula is C20H21ClF3N5O. The summed E-state index contributed by atoms with van der Waals surface area (Å²) in [6, 6.07) is 7.81. The van der Waals surface area contributed by atoms with Crippen LogP contribution < -0.4 is 0 Å². The van der Waals surface area contributed by atoms with Crippen LogP contribution in [0.15, 0.2) is 30.5 Å². The predicted molar refractivity (Wildman–Crippen MR) is 105 cm³/mol. The van der Waals surface area contributed by atoms with Crippen molar-refractivity contribution in [3.8, 4) is 11.8 Å². The highest BCUT2D eigenvalue weighted by atomic mass is 35.5. The quantitative estimate of drug-likeness (QED) is 0.725.